The van der Waals surface area contributed by atoms with Crippen LogP contribution < -0.4 is 5.32 Å². The summed E-state index contributed by atoms with van der Waals surface area (Å²) in [5.41, 5.74) is 1.08. The molecule has 0 aromatic rings. The Morgan fingerprint density at radius 1 is 1.41 bits per heavy atom. The Balaban J connectivity index is 1.66. The predicted molar refractivity (Wildman–Crippen MR) is 65.0 cm³/mol. The van der Waals surface area contributed by atoms with Gasteiger partial charge in [0.05, 0.1) is 6.10 Å². The molecule has 1 unspecified atom stereocenters. The van der Waals surface area contributed by atoms with E-state index in [-0.39, 0.29) is 0 Å². The molecule has 2 fully saturated rings. The average molecular weight is 239 g/mol. The number of carboxylic acid groups (broad SMARTS) is 1. The van der Waals surface area contributed by atoms with Crippen LogP contribution in [0.4, 0.5) is 0 Å². The van der Waals surface area contributed by atoms with Crippen LogP contribution in [0.1, 0.15) is 38.5 Å². The molecule has 17 heavy (non-hydrogen) atoms. The fourth-order valence-corrected chi connectivity index (χ4v) is 2.62. The lowest BCUT2D eigenvalue weighted by molar-refractivity contribution is -0.131. The summed E-state index contributed by atoms with van der Waals surface area (Å²) in [4.78, 5) is 10.5. The summed E-state index contributed by atoms with van der Waals surface area (Å²) in [6, 6.07) is 0.533. The number of rotatable bonds is 4. The summed E-state index contributed by atoms with van der Waals surface area (Å²) in [6.07, 6.45) is 8.04. The SMILES string of the molecule is O=C(O)C=C1CCC(NCC2CCCO2)CC1. The maximum atomic E-state index is 10.5. The van der Waals surface area contributed by atoms with E-state index in [0.29, 0.717) is 12.1 Å². The second-order valence-electron chi connectivity index (χ2n) is 4.96. The van der Waals surface area contributed by atoms with Crippen LogP contribution in [0.25, 0.3) is 0 Å². The molecule has 1 saturated heterocycles. The van der Waals surface area contributed by atoms with Crippen molar-refractivity contribution in [1.82, 2.24) is 5.32 Å². The van der Waals surface area contributed by atoms with Crippen LogP contribution in [0.15, 0.2) is 11.6 Å². The van der Waals surface area contributed by atoms with Crippen molar-refractivity contribution in [2.45, 2.75) is 50.7 Å². The number of hydrogen-bond acceptors (Lipinski definition) is 3. The van der Waals surface area contributed by atoms with Gasteiger partial charge in [0.25, 0.3) is 0 Å². The second kappa shape index (κ2) is 6.17. The average Bonchev–Trinajstić information content (AvgIpc) is 2.80. The van der Waals surface area contributed by atoms with Crippen molar-refractivity contribution in [3.8, 4) is 0 Å². The van der Waals surface area contributed by atoms with Gasteiger partial charge in [0, 0.05) is 25.3 Å². The quantitative estimate of drug-likeness (QED) is 0.733. The molecule has 1 aliphatic heterocycles. The summed E-state index contributed by atoms with van der Waals surface area (Å²) < 4.78 is 5.57. The van der Waals surface area contributed by atoms with Crippen LogP contribution >= 0.6 is 0 Å². The van der Waals surface area contributed by atoms with Crippen LogP contribution in [-0.4, -0.2) is 36.4 Å². The summed E-state index contributed by atoms with van der Waals surface area (Å²) >= 11 is 0. The molecule has 0 radical (unpaired) electrons. The highest BCUT2D eigenvalue weighted by atomic mass is 16.5. The molecule has 1 saturated carbocycles. The largest absolute Gasteiger partial charge is 0.478 e. The standard InChI is InChI=1S/C13H21NO3/c15-13(16)8-10-3-5-11(6-4-10)14-9-12-2-1-7-17-12/h8,11-12,14H,1-7,9H2,(H,15,16). The Morgan fingerprint density at radius 2 is 2.18 bits per heavy atom. The number of ether oxygens (including phenoxy) is 1. The van der Waals surface area contributed by atoms with E-state index in [0.717, 1.165) is 44.4 Å². The fraction of sp³-hybridized carbons (Fsp3) is 0.769. The molecule has 0 aromatic heterocycles. The van der Waals surface area contributed by atoms with E-state index in [9.17, 15) is 4.79 Å². The lowest BCUT2D eigenvalue weighted by Crippen LogP contribution is -2.36. The molecule has 0 amide bonds. The summed E-state index contributed by atoms with van der Waals surface area (Å²) in [5.74, 6) is -0.814. The third-order valence-corrected chi connectivity index (χ3v) is 3.61. The second-order valence-corrected chi connectivity index (χ2v) is 4.96. The molecule has 4 nitrogen and oxygen atoms in total. The number of hydrogen-bond donors (Lipinski definition) is 2. The fourth-order valence-electron chi connectivity index (χ4n) is 2.62. The van der Waals surface area contributed by atoms with Gasteiger partial charge >= 0.3 is 5.97 Å². The molecule has 1 aliphatic carbocycles. The smallest absolute Gasteiger partial charge is 0.328 e. The van der Waals surface area contributed by atoms with Crippen molar-refractivity contribution in [3.63, 3.8) is 0 Å². The monoisotopic (exact) mass is 239 g/mol. The number of carbonyl (C=O) groups is 1. The molecule has 1 atom stereocenters. The number of nitrogens with one attached hydrogen (secondary N) is 1. The molecule has 1 heterocycles. The molecule has 2 N–H and O–H groups in total. The number of aliphatic carboxylic acids is 1. The van der Waals surface area contributed by atoms with Gasteiger partial charge in [-0.25, -0.2) is 4.79 Å². The van der Waals surface area contributed by atoms with Gasteiger partial charge in [0.15, 0.2) is 0 Å². The van der Waals surface area contributed by atoms with Gasteiger partial charge in [-0.3, -0.25) is 0 Å². The minimum atomic E-state index is -0.814. The highest BCUT2D eigenvalue weighted by Crippen LogP contribution is 2.23. The lowest BCUT2D eigenvalue weighted by Gasteiger charge is -2.26. The third kappa shape index (κ3) is 4.13. The molecular weight excluding hydrogens is 218 g/mol. The van der Waals surface area contributed by atoms with E-state index in [1.54, 1.807) is 0 Å². The van der Waals surface area contributed by atoms with E-state index in [2.05, 4.69) is 5.32 Å². The Kier molecular flexibility index (Phi) is 4.57. The van der Waals surface area contributed by atoms with Gasteiger partial charge in [0.2, 0.25) is 0 Å². The van der Waals surface area contributed by atoms with Gasteiger partial charge in [0.1, 0.15) is 0 Å². The van der Waals surface area contributed by atoms with Crippen molar-refractivity contribution in [3.05, 3.63) is 11.6 Å². The van der Waals surface area contributed by atoms with Gasteiger partial charge in [-0.05, 0) is 38.5 Å². The highest BCUT2D eigenvalue weighted by Gasteiger charge is 2.20. The van der Waals surface area contributed by atoms with Crippen molar-refractivity contribution in [1.29, 1.82) is 0 Å². The summed E-state index contributed by atoms with van der Waals surface area (Å²) in [7, 11) is 0. The minimum absolute atomic E-state index is 0.394. The van der Waals surface area contributed by atoms with Gasteiger partial charge in [-0.1, -0.05) is 5.57 Å². The molecule has 2 aliphatic rings. The van der Waals surface area contributed by atoms with Gasteiger partial charge in [-0.15, -0.1) is 0 Å². The molecule has 96 valence electrons. The summed E-state index contributed by atoms with van der Waals surface area (Å²) in [5, 5.41) is 12.2. The van der Waals surface area contributed by atoms with E-state index in [1.807, 2.05) is 0 Å². The van der Waals surface area contributed by atoms with Crippen LogP contribution in [-0.2, 0) is 9.53 Å². The first-order chi connectivity index (χ1) is 8.24. The normalized spacial score (nSPS) is 29.3. The van der Waals surface area contributed by atoms with Crippen molar-refractivity contribution < 1.29 is 14.6 Å². The first-order valence-electron chi connectivity index (χ1n) is 6.51. The van der Waals surface area contributed by atoms with E-state index in [4.69, 9.17) is 9.84 Å². The van der Waals surface area contributed by atoms with Crippen LogP contribution in [0.3, 0.4) is 0 Å². The first-order valence-corrected chi connectivity index (χ1v) is 6.51. The first kappa shape index (κ1) is 12.6. The third-order valence-electron chi connectivity index (χ3n) is 3.61. The van der Waals surface area contributed by atoms with Crippen LogP contribution in [0.2, 0.25) is 0 Å². The highest BCUT2D eigenvalue weighted by molar-refractivity contribution is 5.80. The van der Waals surface area contributed by atoms with Gasteiger partial charge in [-0.2, -0.15) is 0 Å². The Labute approximate surface area is 102 Å². The van der Waals surface area contributed by atoms with Crippen molar-refractivity contribution in [2.24, 2.45) is 0 Å². The van der Waals surface area contributed by atoms with Gasteiger partial charge < -0.3 is 15.2 Å². The Hall–Kier alpha value is -0.870. The Morgan fingerprint density at radius 3 is 2.76 bits per heavy atom. The van der Waals surface area contributed by atoms with Crippen LogP contribution in [0.5, 0.6) is 0 Å². The van der Waals surface area contributed by atoms with Crippen molar-refractivity contribution >= 4 is 5.97 Å². The zero-order chi connectivity index (χ0) is 12.1. The van der Waals surface area contributed by atoms with E-state index < -0.39 is 5.97 Å². The lowest BCUT2D eigenvalue weighted by atomic mass is 9.90. The molecule has 4 heteroatoms. The predicted octanol–water partition coefficient (Wildman–Crippen LogP) is 1.71. The molecule has 0 aromatic carbocycles. The molecular formula is C13H21NO3. The van der Waals surface area contributed by atoms with E-state index >= 15 is 0 Å². The Bertz CT molecular complexity index is 285. The maximum absolute atomic E-state index is 10.5. The minimum Gasteiger partial charge on any atom is -0.478 e. The van der Waals surface area contributed by atoms with Crippen molar-refractivity contribution in [2.75, 3.05) is 13.2 Å². The topological polar surface area (TPSA) is 58.6 Å². The number of carboxylic acids is 1. The van der Waals surface area contributed by atoms with E-state index in [1.165, 1.54) is 18.9 Å². The zero-order valence-electron chi connectivity index (χ0n) is 10.2. The van der Waals surface area contributed by atoms with Crippen LogP contribution in [0, 0.1) is 0 Å². The zero-order valence-corrected chi connectivity index (χ0v) is 10.2. The molecule has 0 spiro atoms. The maximum Gasteiger partial charge on any atom is 0.328 e. The molecule has 0 bridgehead atoms. The molecule has 2 rings (SSSR count). The number of allylic oxidation sites excluding steroid dienone is 1. The summed E-state index contributed by atoms with van der Waals surface area (Å²) in [6.45, 7) is 1.85.